The first-order chi connectivity index (χ1) is 5.84. The van der Waals surface area contributed by atoms with Crippen molar-refractivity contribution in [3.63, 3.8) is 0 Å². The van der Waals surface area contributed by atoms with Crippen molar-refractivity contribution in [1.82, 2.24) is 5.32 Å². The first-order valence-corrected chi connectivity index (χ1v) is 4.03. The summed E-state index contributed by atoms with van der Waals surface area (Å²) in [5, 5.41) is 2.98. The van der Waals surface area contributed by atoms with Crippen LogP contribution in [-0.4, -0.2) is 13.6 Å². The standard InChI is InChI=1S/C11H13N/c1-10-6-3-4-7-11(10)8-5-9-12-2/h3-4,6-7,12H,9H2,1-2H3. The zero-order chi connectivity index (χ0) is 8.81. The van der Waals surface area contributed by atoms with E-state index >= 15 is 0 Å². The van der Waals surface area contributed by atoms with E-state index in [0.717, 1.165) is 12.1 Å². The zero-order valence-electron chi connectivity index (χ0n) is 7.52. The maximum Gasteiger partial charge on any atom is 0.0577 e. The molecule has 1 rings (SSSR count). The number of benzene rings is 1. The Bertz CT molecular complexity index is 304. The topological polar surface area (TPSA) is 12.0 Å². The van der Waals surface area contributed by atoms with Gasteiger partial charge in [-0.1, -0.05) is 30.0 Å². The molecule has 0 amide bonds. The van der Waals surface area contributed by atoms with Crippen LogP contribution in [0.4, 0.5) is 0 Å². The lowest BCUT2D eigenvalue weighted by molar-refractivity contribution is 0.938. The molecule has 0 saturated carbocycles. The predicted molar refractivity (Wildman–Crippen MR) is 52.0 cm³/mol. The average Bonchev–Trinajstić information content (AvgIpc) is 2.09. The molecule has 0 aliphatic rings. The van der Waals surface area contributed by atoms with Gasteiger partial charge in [0.25, 0.3) is 0 Å². The zero-order valence-corrected chi connectivity index (χ0v) is 7.52. The van der Waals surface area contributed by atoms with Crippen LogP contribution in [0.1, 0.15) is 11.1 Å². The Hall–Kier alpha value is -1.26. The third kappa shape index (κ3) is 2.41. The van der Waals surface area contributed by atoms with E-state index in [1.54, 1.807) is 0 Å². The van der Waals surface area contributed by atoms with E-state index in [1.165, 1.54) is 5.56 Å². The van der Waals surface area contributed by atoms with Gasteiger partial charge < -0.3 is 5.32 Å². The number of nitrogens with one attached hydrogen (secondary N) is 1. The summed E-state index contributed by atoms with van der Waals surface area (Å²) in [6.07, 6.45) is 0. The van der Waals surface area contributed by atoms with Gasteiger partial charge in [0, 0.05) is 5.56 Å². The quantitative estimate of drug-likeness (QED) is 0.613. The van der Waals surface area contributed by atoms with Gasteiger partial charge in [-0.2, -0.15) is 0 Å². The second kappa shape index (κ2) is 4.58. The van der Waals surface area contributed by atoms with Crippen LogP contribution in [-0.2, 0) is 0 Å². The van der Waals surface area contributed by atoms with Gasteiger partial charge in [-0.25, -0.2) is 0 Å². The van der Waals surface area contributed by atoms with E-state index in [1.807, 2.05) is 25.2 Å². The fraction of sp³-hybridized carbons (Fsp3) is 0.273. The van der Waals surface area contributed by atoms with Crippen molar-refractivity contribution in [2.24, 2.45) is 0 Å². The van der Waals surface area contributed by atoms with Crippen molar-refractivity contribution in [2.75, 3.05) is 13.6 Å². The largest absolute Gasteiger partial charge is 0.309 e. The van der Waals surface area contributed by atoms with Gasteiger partial charge in [-0.05, 0) is 25.6 Å². The monoisotopic (exact) mass is 159 g/mol. The lowest BCUT2D eigenvalue weighted by atomic mass is 10.1. The van der Waals surface area contributed by atoms with Crippen LogP contribution in [0, 0.1) is 18.8 Å². The smallest absolute Gasteiger partial charge is 0.0577 e. The minimum atomic E-state index is 0.744. The molecular weight excluding hydrogens is 146 g/mol. The minimum absolute atomic E-state index is 0.744. The van der Waals surface area contributed by atoms with Gasteiger partial charge in [0.2, 0.25) is 0 Å². The number of hydrogen-bond acceptors (Lipinski definition) is 1. The SMILES string of the molecule is CNCC#Cc1ccccc1C. The molecule has 0 heterocycles. The summed E-state index contributed by atoms with van der Waals surface area (Å²) in [7, 11) is 1.90. The van der Waals surface area contributed by atoms with Gasteiger partial charge in [-0.15, -0.1) is 0 Å². The van der Waals surface area contributed by atoms with Crippen LogP contribution < -0.4 is 5.32 Å². The van der Waals surface area contributed by atoms with Crippen molar-refractivity contribution in [3.8, 4) is 11.8 Å². The molecule has 1 heteroatoms. The molecule has 1 nitrogen and oxygen atoms in total. The Morgan fingerprint density at radius 2 is 2.08 bits per heavy atom. The number of hydrogen-bond donors (Lipinski definition) is 1. The first kappa shape index (κ1) is 8.83. The second-order valence-electron chi connectivity index (χ2n) is 2.65. The fourth-order valence-corrected chi connectivity index (χ4v) is 0.941. The molecule has 62 valence electrons. The van der Waals surface area contributed by atoms with Crippen LogP contribution in [0.5, 0.6) is 0 Å². The van der Waals surface area contributed by atoms with E-state index < -0.39 is 0 Å². The molecule has 12 heavy (non-hydrogen) atoms. The summed E-state index contributed by atoms with van der Waals surface area (Å²) in [6.45, 7) is 2.82. The number of aryl methyl sites for hydroxylation is 1. The molecule has 1 N–H and O–H groups in total. The highest BCUT2D eigenvalue weighted by Crippen LogP contribution is 2.03. The molecule has 0 aromatic heterocycles. The minimum Gasteiger partial charge on any atom is -0.309 e. The lowest BCUT2D eigenvalue weighted by Crippen LogP contribution is -2.04. The molecule has 0 aliphatic heterocycles. The summed E-state index contributed by atoms with van der Waals surface area (Å²) in [5.41, 5.74) is 2.36. The summed E-state index contributed by atoms with van der Waals surface area (Å²) in [5.74, 6) is 6.13. The van der Waals surface area contributed by atoms with Crippen LogP contribution in [0.3, 0.4) is 0 Å². The maximum absolute atomic E-state index is 3.10. The molecule has 0 radical (unpaired) electrons. The van der Waals surface area contributed by atoms with E-state index in [0.29, 0.717) is 0 Å². The first-order valence-electron chi connectivity index (χ1n) is 4.03. The third-order valence-electron chi connectivity index (χ3n) is 1.63. The van der Waals surface area contributed by atoms with E-state index in [-0.39, 0.29) is 0 Å². The Morgan fingerprint density at radius 1 is 1.33 bits per heavy atom. The molecule has 0 fully saturated rings. The Morgan fingerprint density at radius 3 is 2.75 bits per heavy atom. The maximum atomic E-state index is 3.10. The van der Waals surface area contributed by atoms with Crippen molar-refractivity contribution >= 4 is 0 Å². The Balaban J connectivity index is 2.77. The molecule has 0 unspecified atom stereocenters. The van der Waals surface area contributed by atoms with Gasteiger partial charge in [-0.3, -0.25) is 0 Å². The van der Waals surface area contributed by atoms with Gasteiger partial charge in [0.1, 0.15) is 0 Å². The predicted octanol–water partition coefficient (Wildman–Crippen LogP) is 1.57. The molecular formula is C11H13N. The van der Waals surface area contributed by atoms with Crippen molar-refractivity contribution in [1.29, 1.82) is 0 Å². The van der Waals surface area contributed by atoms with E-state index in [2.05, 4.69) is 30.1 Å². The number of rotatable bonds is 1. The van der Waals surface area contributed by atoms with Crippen molar-refractivity contribution < 1.29 is 0 Å². The van der Waals surface area contributed by atoms with Crippen molar-refractivity contribution in [2.45, 2.75) is 6.92 Å². The van der Waals surface area contributed by atoms with Crippen LogP contribution >= 0.6 is 0 Å². The fourth-order valence-electron chi connectivity index (χ4n) is 0.941. The lowest BCUT2D eigenvalue weighted by Gasteiger charge is -1.94. The normalized spacial score (nSPS) is 8.83. The highest BCUT2D eigenvalue weighted by Gasteiger charge is 1.88. The third-order valence-corrected chi connectivity index (χ3v) is 1.63. The van der Waals surface area contributed by atoms with Crippen LogP contribution in [0.15, 0.2) is 24.3 Å². The summed E-state index contributed by atoms with van der Waals surface area (Å²) in [4.78, 5) is 0. The van der Waals surface area contributed by atoms with Gasteiger partial charge in [0.15, 0.2) is 0 Å². The molecule has 0 spiro atoms. The molecule has 0 bridgehead atoms. The Kier molecular flexibility index (Phi) is 3.37. The van der Waals surface area contributed by atoms with Gasteiger partial charge >= 0.3 is 0 Å². The highest BCUT2D eigenvalue weighted by molar-refractivity contribution is 5.40. The average molecular weight is 159 g/mol. The van der Waals surface area contributed by atoms with E-state index in [4.69, 9.17) is 0 Å². The molecule has 0 saturated heterocycles. The van der Waals surface area contributed by atoms with Crippen LogP contribution in [0.25, 0.3) is 0 Å². The van der Waals surface area contributed by atoms with Gasteiger partial charge in [0.05, 0.1) is 6.54 Å². The molecule has 1 aromatic carbocycles. The second-order valence-corrected chi connectivity index (χ2v) is 2.65. The molecule has 1 aromatic rings. The summed E-state index contributed by atoms with van der Waals surface area (Å²) >= 11 is 0. The van der Waals surface area contributed by atoms with E-state index in [9.17, 15) is 0 Å². The molecule has 0 atom stereocenters. The summed E-state index contributed by atoms with van der Waals surface area (Å²) < 4.78 is 0. The highest BCUT2D eigenvalue weighted by atomic mass is 14.8. The molecule has 0 aliphatic carbocycles. The van der Waals surface area contributed by atoms with Crippen LogP contribution in [0.2, 0.25) is 0 Å². The Labute approximate surface area is 73.8 Å². The summed E-state index contributed by atoms with van der Waals surface area (Å²) in [6, 6.07) is 8.15. The van der Waals surface area contributed by atoms with Crippen molar-refractivity contribution in [3.05, 3.63) is 35.4 Å².